The lowest BCUT2D eigenvalue weighted by molar-refractivity contribution is -0.386. The average molecular weight is 566 g/mol. The first kappa shape index (κ1) is 26.3. The van der Waals surface area contributed by atoms with Crippen molar-refractivity contribution in [2.45, 2.75) is 39.2 Å². The second-order valence-corrected chi connectivity index (χ2v) is 8.87. The summed E-state index contributed by atoms with van der Waals surface area (Å²) in [7, 11) is 1.18. The number of hydrogen-bond acceptors (Lipinski definition) is 8. The van der Waals surface area contributed by atoms with Crippen molar-refractivity contribution >= 4 is 56.3 Å². The number of methoxy groups -OCH3 is 1. The molecule has 0 aliphatic heterocycles. The van der Waals surface area contributed by atoms with Gasteiger partial charge in [0.1, 0.15) is 5.82 Å². The molecule has 3 rings (SSSR count). The zero-order valence-electron chi connectivity index (χ0n) is 19.2. The van der Waals surface area contributed by atoms with Crippen molar-refractivity contribution in [1.82, 2.24) is 9.66 Å². The monoisotopic (exact) mass is 564 g/mol. The van der Waals surface area contributed by atoms with Gasteiger partial charge in [-0.05, 0) is 37.6 Å². The fourth-order valence-corrected chi connectivity index (χ4v) is 3.88. The van der Waals surface area contributed by atoms with Crippen molar-refractivity contribution in [2.75, 3.05) is 7.11 Å². The smallest absolute Gasteiger partial charge is 0.346 e. The Bertz CT molecular complexity index is 1370. The summed E-state index contributed by atoms with van der Waals surface area (Å²) in [6.07, 6.45) is 2.39. The van der Waals surface area contributed by atoms with Crippen LogP contribution < -0.4 is 10.3 Å². The molecule has 1 aromatic heterocycles. The lowest BCUT2D eigenvalue weighted by atomic mass is 10.2. The van der Waals surface area contributed by atoms with E-state index >= 15 is 0 Å². The van der Waals surface area contributed by atoms with E-state index in [1.165, 1.54) is 37.1 Å². The van der Waals surface area contributed by atoms with Gasteiger partial charge in [-0.1, -0.05) is 40.9 Å². The van der Waals surface area contributed by atoms with Crippen LogP contribution in [-0.4, -0.2) is 40.0 Å². The Hall–Kier alpha value is -3.31. The fourth-order valence-electron chi connectivity index (χ4n) is 3.25. The zero-order valence-corrected chi connectivity index (χ0v) is 21.5. The molecule has 0 unspecified atom stereocenters. The van der Waals surface area contributed by atoms with Gasteiger partial charge in [-0.2, -0.15) is 9.78 Å². The van der Waals surface area contributed by atoms with Crippen LogP contribution in [0.5, 0.6) is 5.75 Å². The minimum Gasteiger partial charge on any atom is -0.471 e. The topological polar surface area (TPSA) is 126 Å². The molecule has 3 aromatic rings. The van der Waals surface area contributed by atoms with Crippen LogP contribution in [0.4, 0.5) is 5.69 Å². The predicted octanol–water partition coefficient (Wildman–Crippen LogP) is 4.89. The van der Waals surface area contributed by atoms with E-state index in [4.69, 9.17) is 16.3 Å². The van der Waals surface area contributed by atoms with E-state index in [1.807, 2.05) is 6.92 Å². The number of benzene rings is 2. The lowest BCUT2D eigenvalue weighted by Crippen LogP contribution is -2.25. The molecule has 0 saturated heterocycles. The van der Waals surface area contributed by atoms with Gasteiger partial charge in [0.2, 0.25) is 5.75 Å². The quantitative estimate of drug-likeness (QED) is 0.157. The summed E-state index contributed by atoms with van der Waals surface area (Å²) in [5.41, 5.74) is -0.0296. The third-order valence-electron chi connectivity index (χ3n) is 5.02. The largest absolute Gasteiger partial charge is 0.471 e. The summed E-state index contributed by atoms with van der Waals surface area (Å²) in [5.74, 6) is -0.518. The van der Waals surface area contributed by atoms with Gasteiger partial charge < -0.3 is 9.47 Å². The van der Waals surface area contributed by atoms with Gasteiger partial charge in [0.15, 0.2) is 6.10 Å². The van der Waals surface area contributed by atoms with E-state index in [-0.39, 0.29) is 21.9 Å². The molecule has 2 aromatic carbocycles. The Morgan fingerprint density at radius 1 is 1.37 bits per heavy atom. The van der Waals surface area contributed by atoms with Crippen molar-refractivity contribution in [3.63, 3.8) is 0 Å². The molecular formula is C23H22BrClN4O6. The summed E-state index contributed by atoms with van der Waals surface area (Å²) in [4.78, 5) is 40.4. The Morgan fingerprint density at radius 3 is 2.77 bits per heavy atom. The van der Waals surface area contributed by atoms with E-state index in [1.54, 1.807) is 18.2 Å². The first-order valence-corrected chi connectivity index (χ1v) is 11.8. The first-order valence-electron chi connectivity index (χ1n) is 10.6. The van der Waals surface area contributed by atoms with Crippen molar-refractivity contribution < 1.29 is 19.2 Å². The Labute approximate surface area is 213 Å². The Kier molecular flexibility index (Phi) is 8.57. The first-order chi connectivity index (χ1) is 16.7. The molecule has 1 atom stereocenters. The predicted molar refractivity (Wildman–Crippen MR) is 136 cm³/mol. The molecule has 0 aliphatic rings. The molecule has 184 valence electrons. The number of hydrogen-bond donors (Lipinski definition) is 0. The number of nitrogens with zero attached hydrogens (tertiary/aromatic N) is 4. The number of aromatic nitrogens is 2. The Morgan fingerprint density at radius 2 is 2.11 bits per heavy atom. The number of rotatable bonds is 9. The number of aryl methyl sites for hydroxylation is 1. The molecule has 1 heterocycles. The summed E-state index contributed by atoms with van der Waals surface area (Å²) >= 11 is 9.61. The van der Waals surface area contributed by atoms with Gasteiger partial charge in [0.25, 0.3) is 5.56 Å². The molecular weight excluding hydrogens is 544 g/mol. The maximum atomic E-state index is 13.2. The van der Waals surface area contributed by atoms with Crippen LogP contribution in [-0.2, 0) is 16.0 Å². The normalized spacial score (nSPS) is 12.1. The third kappa shape index (κ3) is 6.04. The number of carbonyl (C=O) groups excluding carboxylic acids is 1. The maximum absolute atomic E-state index is 13.2. The van der Waals surface area contributed by atoms with E-state index in [9.17, 15) is 19.7 Å². The molecule has 10 nitrogen and oxygen atoms in total. The summed E-state index contributed by atoms with van der Waals surface area (Å²) in [6, 6.07) is 7.80. The van der Waals surface area contributed by atoms with Crippen molar-refractivity contribution in [2.24, 2.45) is 5.10 Å². The lowest BCUT2D eigenvalue weighted by Gasteiger charge is -2.14. The summed E-state index contributed by atoms with van der Waals surface area (Å²) < 4.78 is 11.9. The van der Waals surface area contributed by atoms with E-state index in [2.05, 4.69) is 30.8 Å². The van der Waals surface area contributed by atoms with Crippen LogP contribution >= 0.6 is 27.5 Å². The van der Waals surface area contributed by atoms with E-state index < -0.39 is 22.7 Å². The van der Waals surface area contributed by atoms with E-state index in [0.29, 0.717) is 23.1 Å². The van der Waals surface area contributed by atoms with Crippen LogP contribution in [0.2, 0.25) is 5.02 Å². The van der Waals surface area contributed by atoms with Gasteiger partial charge in [0, 0.05) is 22.5 Å². The van der Waals surface area contributed by atoms with Crippen molar-refractivity contribution in [3.8, 4) is 5.75 Å². The molecule has 0 bridgehead atoms. The van der Waals surface area contributed by atoms with Gasteiger partial charge in [-0.15, -0.1) is 0 Å². The van der Waals surface area contributed by atoms with Crippen LogP contribution in [0.15, 0.2) is 44.7 Å². The molecule has 12 heteroatoms. The number of unbranched alkanes of at least 4 members (excludes halogenated alkanes) is 1. The highest BCUT2D eigenvalue weighted by Crippen LogP contribution is 2.36. The van der Waals surface area contributed by atoms with Gasteiger partial charge in [-0.25, -0.2) is 9.78 Å². The van der Waals surface area contributed by atoms with Crippen LogP contribution in [0.3, 0.4) is 0 Å². The summed E-state index contributed by atoms with van der Waals surface area (Å²) in [6.45, 7) is 3.41. The second-order valence-electron chi connectivity index (χ2n) is 7.55. The minimum atomic E-state index is -1.11. The fraction of sp³-hybridized carbons (Fsp3) is 0.304. The molecule has 0 spiro atoms. The highest BCUT2D eigenvalue weighted by Gasteiger charge is 2.25. The molecule has 0 radical (unpaired) electrons. The number of nitro groups is 1. The third-order valence-corrected chi connectivity index (χ3v) is 5.80. The van der Waals surface area contributed by atoms with Gasteiger partial charge in [-0.3, -0.25) is 14.9 Å². The standard InChI is InChI=1S/C23H22BrClN4O6/c1-4-5-6-20-27-18-8-7-15(24)11-16(18)22(30)28(20)26-12-14-9-17(25)21(19(10-14)29(32)33)35-13(2)23(31)34-3/h7-13H,4-6H2,1-3H3/t13-/m0/s1. The highest BCUT2D eigenvalue weighted by atomic mass is 79.9. The van der Waals surface area contributed by atoms with Crippen LogP contribution in [0.25, 0.3) is 10.9 Å². The molecule has 0 N–H and O–H groups in total. The zero-order chi connectivity index (χ0) is 25.7. The molecule has 0 aliphatic carbocycles. The number of nitro benzene ring substituents is 1. The molecule has 35 heavy (non-hydrogen) atoms. The Balaban J connectivity index is 2.08. The van der Waals surface area contributed by atoms with Crippen molar-refractivity contribution in [1.29, 1.82) is 0 Å². The minimum absolute atomic E-state index is 0.101. The SMILES string of the molecule is CCCCc1nc2ccc(Br)cc2c(=O)n1N=Cc1cc(Cl)c(O[C@@H](C)C(=O)OC)c([N+](=O)[O-])c1. The molecule has 0 fully saturated rings. The van der Waals surface area contributed by atoms with Crippen molar-refractivity contribution in [3.05, 3.63) is 71.7 Å². The van der Waals surface area contributed by atoms with Gasteiger partial charge >= 0.3 is 11.7 Å². The highest BCUT2D eigenvalue weighted by molar-refractivity contribution is 9.10. The van der Waals surface area contributed by atoms with E-state index in [0.717, 1.165) is 17.3 Å². The number of halogens is 2. The number of fused-ring (bicyclic) bond motifs is 1. The molecule has 0 amide bonds. The number of ether oxygens (including phenoxy) is 2. The maximum Gasteiger partial charge on any atom is 0.346 e. The summed E-state index contributed by atoms with van der Waals surface area (Å²) in [5, 5.41) is 16.2. The van der Waals surface area contributed by atoms with Gasteiger partial charge in [0.05, 0.1) is 34.2 Å². The van der Waals surface area contributed by atoms with Crippen LogP contribution in [0, 0.1) is 10.1 Å². The average Bonchev–Trinajstić information content (AvgIpc) is 2.83. The second kappa shape index (κ2) is 11.4. The number of carbonyl (C=O) groups is 1. The number of esters is 1. The molecule has 0 saturated carbocycles. The van der Waals surface area contributed by atoms with Crippen LogP contribution in [0.1, 0.15) is 38.1 Å².